The molecule has 4 aliphatic rings. The van der Waals surface area contributed by atoms with Crippen molar-refractivity contribution in [3.05, 3.63) is 35.5 Å². The summed E-state index contributed by atoms with van der Waals surface area (Å²) in [5, 5.41) is 4.58. The van der Waals surface area contributed by atoms with E-state index in [9.17, 15) is 4.79 Å². The molecule has 2 aromatic rings. The molecule has 3 unspecified atom stereocenters. The van der Waals surface area contributed by atoms with E-state index in [1.54, 1.807) is 7.11 Å². The maximum Gasteiger partial charge on any atom is 0.319 e. The van der Waals surface area contributed by atoms with Gasteiger partial charge in [-0.2, -0.15) is 0 Å². The number of fused-ring (bicyclic) bond motifs is 4. The van der Waals surface area contributed by atoms with Crippen molar-refractivity contribution in [2.24, 2.45) is 11.8 Å². The van der Waals surface area contributed by atoms with Gasteiger partial charge in [-0.25, -0.2) is 0 Å². The Morgan fingerprint density at radius 2 is 2.26 bits per heavy atom. The number of piperidine rings is 2. The fourth-order valence-corrected chi connectivity index (χ4v) is 6.48. The Balaban J connectivity index is 1.72. The predicted molar refractivity (Wildman–Crippen MR) is 106 cm³/mol. The predicted octanol–water partition coefficient (Wildman–Crippen LogP) is 2.45. The molecule has 6 rings (SSSR count). The van der Waals surface area contributed by atoms with Crippen LogP contribution in [0.1, 0.15) is 30.5 Å². The molecule has 4 heterocycles. The average Bonchev–Trinajstić information content (AvgIpc) is 3.04. The summed E-state index contributed by atoms with van der Waals surface area (Å²) in [7, 11) is 3.57. The summed E-state index contributed by atoms with van der Waals surface area (Å²) in [6.07, 6.45) is 4.26. The number of benzene rings is 1. The summed E-state index contributed by atoms with van der Waals surface area (Å²) in [4.78, 5) is 19.7. The van der Waals surface area contributed by atoms with Gasteiger partial charge in [0.1, 0.15) is 5.41 Å². The van der Waals surface area contributed by atoms with Gasteiger partial charge in [-0.3, -0.25) is 9.69 Å². The van der Waals surface area contributed by atoms with Gasteiger partial charge in [-0.1, -0.05) is 18.2 Å². The number of aromatic amines is 1. The van der Waals surface area contributed by atoms with Crippen LogP contribution in [0.4, 0.5) is 0 Å². The molecule has 1 aromatic heterocycles. The highest BCUT2D eigenvalue weighted by atomic mass is 16.5. The molecule has 0 radical (unpaired) electrons. The van der Waals surface area contributed by atoms with Crippen LogP contribution in [0.3, 0.4) is 0 Å². The first kappa shape index (κ1) is 17.3. The lowest BCUT2D eigenvalue weighted by atomic mass is 9.56. The Labute approximate surface area is 160 Å². The number of hydrogen-bond acceptors (Lipinski definition) is 4. The van der Waals surface area contributed by atoms with Gasteiger partial charge in [0.25, 0.3) is 0 Å². The van der Waals surface area contributed by atoms with E-state index in [0.717, 1.165) is 50.1 Å². The van der Waals surface area contributed by atoms with E-state index in [1.807, 2.05) is 7.05 Å². The number of nitrogens with zero attached hydrogens (tertiary/aromatic N) is 1. The Hall–Kier alpha value is -1.85. The van der Waals surface area contributed by atoms with Crippen LogP contribution in [-0.2, 0) is 21.4 Å². The van der Waals surface area contributed by atoms with Gasteiger partial charge in [-0.05, 0) is 62.7 Å². The quantitative estimate of drug-likeness (QED) is 0.815. The molecule has 2 saturated heterocycles. The zero-order valence-corrected chi connectivity index (χ0v) is 16.3. The topological polar surface area (TPSA) is 57.4 Å². The fourth-order valence-electron chi connectivity index (χ4n) is 6.48. The van der Waals surface area contributed by atoms with Crippen molar-refractivity contribution < 1.29 is 9.53 Å². The summed E-state index contributed by atoms with van der Waals surface area (Å²) in [5.41, 5.74) is 3.06. The van der Waals surface area contributed by atoms with Gasteiger partial charge >= 0.3 is 5.97 Å². The minimum absolute atomic E-state index is 0.0499. The zero-order chi connectivity index (χ0) is 18.6. The highest BCUT2D eigenvalue weighted by Crippen LogP contribution is 2.55. The maximum absolute atomic E-state index is 13.4. The summed E-state index contributed by atoms with van der Waals surface area (Å²) in [5.74, 6) is 1.04. The first-order chi connectivity index (χ1) is 13.2. The summed E-state index contributed by atoms with van der Waals surface area (Å²) >= 11 is 0. The molecule has 1 aliphatic carbocycles. The molecule has 0 spiro atoms. The molecule has 1 aromatic carbocycles. The number of methoxy groups -OCH3 is 1. The minimum atomic E-state index is -0.556. The number of rotatable bonds is 4. The molecular formula is C22H29N3O2. The number of aromatic nitrogens is 1. The lowest BCUT2D eigenvalue weighted by molar-refractivity contribution is -0.162. The molecule has 3 aliphatic heterocycles. The summed E-state index contributed by atoms with van der Waals surface area (Å²) in [6.45, 7) is 3.16. The van der Waals surface area contributed by atoms with Gasteiger partial charge in [-0.15, -0.1) is 0 Å². The van der Waals surface area contributed by atoms with Gasteiger partial charge in [0.05, 0.1) is 7.11 Å². The van der Waals surface area contributed by atoms with Crippen LogP contribution in [0.25, 0.3) is 10.9 Å². The van der Waals surface area contributed by atoms with Crippen molar-refractivity contribution in [2.75, 3.05) is 33.8 Å². The van der Waals surface area contributed by atoms with E-state index in [2.05, 4.69) is 39.5 Å². The normalized spacial score (nSPS) is 34.3. The van der Waals surface area contributed by atoms with Crippen LogP contribution in [-0.4, -0.2) is 55.7 Å². The first-order valence-electron chi connectivity index (χ1n) is 10.3. The highest BCUT2D eigenvalue weighted by Gasteiger charge is 2.62. The van der Waals surface area contributed by atoms with Crippen LogP contribution < -0.4 is 5.32 Å². The number of hydrogen-bond donors (Lipinski definition) is 2. The third kappa shape index (κ3) is 2.34. The Bertz CT molecular complexity index is 876. The van der Waals surface area contributed by atoms with E-state index >= 15 is 0 Å². The number of esters is 1. The second-order valence-electron chi connectivity index (χ2n) is 8.64. The monoisotopic (exact) mass is 367 g/mol. The smallest absolute Gasteiger partial charge is 0.319 e. The highest BCUT2D eigenvalue weighted by molar-refractivity contribution is 5.91. The van der Waals surface area contributed by atoms with Gasteiger partial charge in [0.2, 0.25) is 0 Å². The van der Waals surface area contributed by atoms with Crippen LogP contribution in [0, 0.1) is 11.8 Å². The van der Waals surface area contributed by atoms with E-state index in [0.29, 0.717) is 11.8 Å². The largest absolute Gasteiger partial charge is 0.468 e. The summed E-state index contributed by atoms with van der Waals surface area (Å²) in [6, 6.07) is 8.72. The number of H-pyrrole nitrogens is 1. The van der Waals surface area contributed by atoms with Gasteiger partial charge < -0.3 is 15.0 Å². The van der Waals surface area contributed by atoms with Crippen LogP contribution in [0.2, 0.25) is 0 Å². The first-order valence-corrected chi connectivity index (χ1v) is 10.3. The minimum Gasteiger partial charge on any atom is -0.468 e. The lowest BCUT2D eigenvalue weighted by Gasteiger charge is -2.58. The lowest BCUT2D eigenvalue weighted by Crippen LogP contribution is -2.67. The molecule has 0 amide bonds. The van der Waals surface area contributed by atoms with Crippen LogP contribution in [0.5, 0.6) is 0 Å². The number of nitrogens with one attached hydrogen (secondary N) is 2. The molecule has 5 atom stereocenters. The SMILES string of the molecule is CNCCC1C[C@@H]2CN3CCc4c([nH]c5ccccc45)[C@@](C(=O)OC)(C2)C13. The second kappa shape index (κ2) is 6.35. The molecule has 2 N–H and O–H groups in total. The zero-order valence-electron chi connectivity index (χ0n) is 16.3. The molecule has 144 valence electrons. The third-order valence-corrected chi connectivity index (χ3v) is 7.31. The van der Waals surface area contributed by atoms with E-state index in [-0.39, 0.29) is 12.0 Å². The molecule has 5 heteroatoms. The van der Waals surface area contributed by atoms with Crippen molar-refractivity contribution in [3.8, 4) is 0 Å². The Morgan fingerprint density at radius 3 is 3.07 bits per heavy atom. The van der Waals surface area contributed by atoms with Crippen LogP contribution in [0.15, 0.2) is 24.3 Å². The molecule has 4 bridgehead atoms. The van der Waals surface area contributed by atoms with Crippen molar-refractivity contribution in [1.82, 2.24) is 15.2 Å². The van der Waals surface area contributed by atoms with Crippen molar-refractivity contribution >= 4 is 16.9 Å². The van der Waals surface area contributed by atoms with Gasteiger partial charge in [0.15, 0.2) is 0 Å². The Morgan fingerprint density at radius 1 is 1.41 bits per heavy atom. The average molecular weight is 367 g/mol. The number of para-hydroxylation sites is 1. The van der Waals surface area contributed by atoms with E-state index < -0.39 is 5.41 Å². The molecular weight excluding hydrogens is 338 g/mol. The fraction of sp³-hybridized carbons (Fsp3) is 0.591. The second-order valence-corrected chi connectivity index (χ2v) is 8.64. The summed E-state index contributed by atoms with van der Waals surface area (Å²) < 4.78 is 5.48. The molecule has 1 saturated carbocycles. The van der Waals surface area contributed by atoms with Crippen LogP contribution >= 0.6 is 0 Å². The number of carbonyl (C=O) groups is 1. The third-order valence-electron chi connectivity index (χ3n) is 7.31. The Kier molecular flexibility index (Phi) is 4.06. The standard InChI is InChI=1S/C22H29N3O2/c1-23-9-7-15-11-14-12-22(21(26)27-2)19-17(8-10-25(13-14)20(15)22)16-5-3-4-6-18(16)24-19/h3-6,14-15,20,23-24H,7-13H2,1-2H3/t14-,15?,20?,22-/m0/s1. The molecule has 27 heavy (non-hydrogen) atoms. The van der Waals surface area contributed by atoms with E-state index in [1.165, 1.54) is 17.4 Å². The number of ether oxygens (including phenoxy) is 1. The van der Waals surface area contributed by atoms with Crippen molar-refractivity contribution in [2.45, 2.75) is 37.1 Å². The van der Waals surface area contributed by atoms with Gasteiger partial charge in [0, 0.05) is 35.7 Å². The van der Waals surface area contributed by atoms with Crippen molar-refractivity contribution in [3.63, 3.8) is 0 Å². The van der Waals surface area contributed by atoms with E-state index in [4.69, 9.17) is 4.74 Å². The maximum atomic E-state index is 13.4. The number of carbonyl (C=O) groups excluding carboxylic acids is 1. The van der Waals surface area contributed by atoms with Crippen molar-refractivity contribution in [1.29, 1.82) is 0 Å². The molecule has 5 nitrogen and oxygen atoms in total. The molecule has 3 fully saturated rings.